The molecule has 0 aliphatic carbocycles. The van der Waals surface area contributed by atoms with Crippen molar-refractivity contribution in [3.8, 4) is 0 Å². The third kappa shape index (κ3) is 58.0. The van der Waals surface area contributed by atoms with Crippen LogP contribution >= 0.6 is 0 Å². The second-order valence-corrected chi connectivity index (χ2v) is 21.0. The minimum Gasteiger partial charge on any atom is -0.462 e. The number of carbonyl (C=O) groups is 3. The minimum atomic E-state index is -0.801. The Kier molecular flexibility index (Phi) is 58.2. The fraction of sp³-hybridized carbons (Fsp3) is 0.803. The largest absolute Gasteiger partial charge is 0.462 e. The van der Waals surface area contributed by atoms with Crippen molar-refractivity contribution in [2.75, 3.05) is 13.2 Å². The molecule has 0 spiro atoms. The first-order valence-corrected chi connectivity index (χ1v) is 31.3. The number of esters is 3. The zero-order chi connectivity index (χ0) is 52.2. The molecule has 1 unspecified atom stereocenters. The predicted molar refractivity (Wildman–Crippen MR) is 312 cm³/mol. The molecule has 0 aliphatic heterocycles. The summed E-state index contributed by atoms with van der Waals surface area (Å²) in [5.41, 5.74) is 0. The van der Waals surface area contributed by atoms with E-state index >= 15 is 0 Å². The molecule has 0 aromatic carbocycles. The molecule has 0 radical (unpaired) electrons. The summed E-state index contributed by atoms with van der Waals surface area (Å²) in [5.74, 6) is -0.937. The van der Waals surface area contributed by atoms with Gasteiger partial charge in [0.05, 0.1) is 0 Å². The molecule has 0 amide bonds. The highest BCUT2D eigenvalue weighted by atomic mass is 16.6. The van der Waals surface area contributed by atoms with E-state index in [2.05, 4.69) is 81.5 Å². The minimum absolute atomic E-state index is 0.0927. The maximum absolute atomic E-state index is 12.8. The van der Waals surface area contributed by atoms with Crippen LogP contribution in [0.2, 0.25) is 0 Å². The summed E-state index contributed by atoms with van der Waals surface area (Å²) in [6.07, 6.45) is 76.8. The van der Waals surface area contributed by atoms with Crippen LogP contribution in [0.25, 0.3) is 0 Å². The van der Waals surface area contributed by atoms with Gasteiger partial charge in [0.25, 0.3) is 0 Å². The lowest BCUT2D eigenvalue weighted by atomic mass is 10.0. The second-order valence-electron chi connectivity index (χ2n) is 21.0. The lowest BCUT2D eigenvalue weighted by Crippen LogP contribution is -2.30. The Morgan fingerprint density at radius 1 is 0.292 bits per heavy atom. The molecule has 1 atom stereocenters. The van der Waals surface area contributed by atoms with Crippen molar-refractivity contribution in [1.82, 2.24) is 0 Å². The van der Waals surface area contributed by atoms with E-state index in [-0.39, 0.29) is 37.5 Å². The van der Waals surface area contributed by atoms with Gasteiger partial charge in [-0.05, 0) is 57.8 Å². The van der Waals surface area contributed by atoms with E-state index in [1.54, 1.807) is 0 Å². The van der Waals surface area contributed by atoms with Crippen molar-refractivity contribution in [3.05, 3.63) is 60.8 Å². The molecule has 0 N–H and O–H groups in total. The Hall–Kier alpha value is -2.89. The van der Waals surface area contributed by atoms with Gasteiger partial charge in [0.1, 0.15) is 13.2 Å². The molecular formula is C66H118O6. The summed E-state index contributed by atoms with van der Waals surface area (Å²) < 4.78 is 16.8. The van der Waals surface area contributed by atoms with Crippen LogP contribution in [-0.4, -0.2) is 37.2 Å². The number of hydrogen-bond acceptors (Lipinski definition) is 6. The predicted octanol–water partition coefficient (Wildman–Crippen LogP) is 21.2. The number of allylic oxidation sites excluding steroid dienone is 10. The molecule has 0 saturated heterocycles. The summed E-state index contributed by atoms with van der Waals surface area (Å²) in [6, 6.07) is 0. The average Bonchev–Trinajstić information content (AvgIpc) is 3.38. The highest BCUT2D eigenvalue weighted by Gasteiger charge is 2.19. The van der Waals surface area contributed by atoms with Crippen LogP contribution < -0.4 is 0 Å². The van der Waals surface area contributed by atoms with Crippen LogP contribution in [0.1, 0.15) is 323 Å². The highest BCUT2D eigenvalue weighted by molar-refractivity contribution is 5.71. The SMILES string of the molecule is CC/C=C\C/C=C\C/C=C\C/C=C\C/C=C\CCCC(=O)OC(COC(=O)CCCCCCCCCCCCC)COC(=O)CCCCCCCCCCCCCCCCCCCCCCCCCCCC. The van der Waals surface area contributed by atoms with Crippen molar-refractivity contribution in [2.45, 2.75) is 329 Å². The van der Waals surface area contributed by atoms with Crippen molar-refractivity contribution >= 4 is 17.9 Å². The van der Waals surface area contributed by atoms with Crippen LogP contribution in [0.4, 0.5) is 0 Å². The fourth-order valence-corrected chi connectivity index (χ4v) is 9.13. The number of hydrogen-bond donors (Lipinski definition) is 0. The topological polar surface area (TPSA) is 78.9 Å². The van der Waals surface area contributed by atoms with Gasteiger partial charge >= 0.3 is 17.9 Å². The van der Waals surface area contributed by atoms with Gasteiger partial charge in [-0.1, -0.05) is 306 Å². The Morgan fingerprint density at radius 2 is 0.542 bits per heavy atom. The molecule has 0 aromatic heterocycles. The molecule has 6 heteroatoms. The summed E-state index contributed by atoms with van der Waals surface area (Å²) in [4.78, 5) is 38.1. The molecule has 0 rings (SSSR count). The molecule has 0 heterocycles. The quantitative estimate of drug-likeness (QED) is 0.0261. The van der Waals surface area contributed by atoms with Crippen molar-refractivity contribution < 1.29 is 28.6 Å². The van der Waals surface area contributed by atoms with E-state index in [9.17, 15) is 14.4 Å². The van der Waals surface area contributed by atoms with Crippen LogP contribution in [0.3, 0.4) is 0 Å². The molecule has 6 nitrogen and oxygen atoms in total. The zero-order valence-electron chi connectivity index (χ0n) is 47.9. The number of unbranched alkanes of at least 4 members (excludes halogenated alkanes) is 36. The highest BCUT2D eigenvalue weighted by Crippen LogP contribution is 2.17. The molecular weight excluding hydrogens is 889 g/mol. The van der Waals surface area contributed by atoms with Gasteiger partial charge < -0.3 is 14.2 Å². The Labute approximate surface area is 447 Å². The maximum atomic E-state index is 12.8. The van der Waals surface area contributed by atoms with Crippen LogP contribution in [0.5, 0.6) is 0 Å². The third-order valence-electron chi connectivity index (χ3n) is 13.8. The Bertz CT molecular complexity index is 1290. The van der Waals surface area contributed by atoms with Crippen molar-refractivity contribution in [1.29, 1.82) is 0 Å². The van der Waals surface area contributed by atoms with Gasteiger partial charge in [0.15, 0.2) is 6.10 Å². The summed E-state index contributed by atoms with van der Waals surface area (Å²) >= 11 is 0. The molecule has 418 valence electrons. The first-order chi connectivity index (χ1) is 35.5. The smallest absolute Gasteiger partial charge is 0.306 e. The van der Waals surface area contributed by atoms with Gasteiger partial charge in [-0.2, -0.15) is 0 Å². The van der Waals surface area contributed by atoms with E-state index in [4.69, 9.17) is 14.2 Å². The van der Waals surface area contributed by atoms with E-state index in [1.807, 2.05) is 0 Å². The van der Waals surface area contributed by atoms with Crippen LogP contribution in [-0.2, 0) is 28.6 Å². The third-order valence-corrected chi connectivity index (χ3v) is 13.8. The molecule has 0 saturated carbocycles. The van der Waals surface area contributed by atoms with Crippen molar-refractivity contribution in [3.63, 3.8) is 0 Å². The van der Waals surface area contributed by atoms with Gasteiger partial charge in [-0.3, -0.25) is 14.4 Å². The molecule has 72 heavy (non-hydrogen) atoms. The van der Waals surface area contributed by atoms with Gasteiger partial charge in [-0.25, -0.2) is 0 Å². The monoisotopic (exact) mass is 1010 g/mol. The van der Waals surface area contributed by atoms with Gasteiger partial charge in [0.2, 0.25) is 0 Å². The fourth-order valence-electron chi connectivity index (χ4n) is 9.13. The van der Waals surface area contributed by atoms with E-state index in [1.165, 1.54) is 199 Å². The normalized spacial score (nSPS) is 12.4. The maximum Gasteiger partial charge on any atom is 0.306 e. The van der Waals surface area contributed by atoms with E-state index < -0.39 is 6.10 Å². The van der Waals surface area contributed by atoms with Crippen molar-refractivity contribution in [2.24, 2.45) is 0 Å². The van der Waals surface area contributed by atoms with Crippen LogP contribution in [0.15, 0.2) is 60.8 Å². The first kappa shape index (κ1) is 69.1. The zero-order valence-corrected chi connectivity index (χ0v) is 47.9. The van der Waals surface area contributed by atoms with Gasteiger partial charge in [0, 0.05) is 19.3 Å². The summed E-state index contributed by atoms with van der Waals surface area (Å²) in [5, 5.41) is 0. The number of carbonyl (C=O) groups excluding carboxylic acids is 3. The number of rotatable bonds is 57. The number of ether oxygens (including phenoxy) is 3. The van der Waals surface area contributed by atoms with E-state index in [0.717, 1.165) is 77.0 Å². The lowest BCUT2D eigenvalue weighted by molar-refractivity contribution is -0.167. The van der Waals surface area contributed by atoms with E-state index in [0.29, 0.717) is 19.3 Å². The molecule has 0 bridgehead atoms. The lowest BCUT2D eigenvalue weighted by Gasteiger charge is -2.18. The molecule has 0 fully saturated rings. The van der Waals surface area contributed by atoms with Crippen LogP contribution in [0, 0.1) is 0 Å². The second kappa shape index (κ2) is 60.7. The average molecular weight is 1010 g/mol. The Morgan fingerprint density at radius 3 is 0.833 bits per heavy atom. The molecule has 0 aliphatic rings. The van der Waals surface area contributed by atoms with Gasteiger partial charge in [-0.15, -0.1) is 0 Å². The first-order valence-electron chi connectivity index (χ1n) is 31.3. The summed E-state index contributed by atoms with van der Waals surface area (Å²) in [7, 11) is 0. The Balaban J connectivity index is 4.25. The molecule has 0 aromatic rings. The summed E-state index contributed by atoms with van der Waals surface area (Å²) in [6.45, 7) is 6.51. The standard InChI is InChI=1S/C66H118O6/c1-4-7-10-13-16-19-22-24-26-28-29-30-31-32-33-34-35-36-38-39-41-44-47-50-53-56-59-65(68)71-62-63(61-70-64(67)58-55-52-49-46-43-21-18-15-12-9-6-3)72-66(69)60-57-54-51-48-45-42-40-37-27-25-23-20-17-14-11-8-5-2/h8,11,17,20,25,27,40,42,48,51,63H,4-7,9-10,12-16,18-19,21-24,26,28-39,41,43-47,49-50,52-62H2,1-3H3/b11-8-,20-17-,27-25-,42-40-,51-48-.